The molecule has 16 heavy (non-hydrogen) atoms. The Morgan fingerprint density at radius 2 is 2.19 bits per heavy atom. The number of rotatable bonds is 2. The number of fused-ring (bicyclic) bond motifs is 1. The number of benzene rings is 1. The second-order valence-electron chi connectivity index (χ2n) is 3.75. The Labute approximate surface area is 103 Å². The van der Waals surface area contributed by atoms with Crippen LogP contribution in [0, 0.1) is 0 Å². The van der Waals surface area contributed by atoms with Gasteiger partial charge in [0.25, 0.3) is 0 Å². The molecule has 0 radical (unpaired) electrons. The number of hydrogen-bond donors (Lipinski definition) is 0. The van der Waals surface area contributed by atoms with Gasteiger partial charge in [0.05, 0.1) is 6.54 Å². The zero-order chi connectivity index (χ0) is 11.0. The monoisotopic (exact) mass is 251 g/mol. The Hall–Kier alpha value is -1.13. The Morgan fingerprint density at radius 1 is 1.31 bits per heavy atom. The first kappa shape index (κ1) is 10.1. The Morgan fingerprint density at radius 3 is 3.00 bits per heavy atom. The number of para-hydroxylation sites is 1. The van der Waals surface area contributed by atoms with Gasteiger partial charge in [0.1, 0.15) is 5.01 Å². The van der Waals surface area contributed by atoms with E-state index < -0.39 is 0 Å². The molecule has 5 heteroatoms. The van der Waals surface area contributed by atoms with Gasteiger partial charge < -0.3 is 4.90 Å². The number of nitrogens with zero attached hydrogens (tertiary/aromatic N) is 3. The second-order valence-corrected chi connectivity index (χ2v) is 5.39. The topological polar surface area (TPSA) is 29.0 Å². The molecule has 3 rings (SSSR count). The molecule has 0 fully saturated rings. The normalized spacial score (nSPS) is 14.2. The molecule has 0 N–H and O–H groups in total. The van der Waals surface area contributed by atoms with E-state index in [-0.39, 0.29) is 0 Å². The van der Waals surface area contributed by atoms with Crippen molar-refractivity contribution in [3.05, 3.63) is 39.3 Å². The molecule has 3 nitrogen and oxygen atoms in total. The first-order chi connectivity index (χ1) is 7.83. The van der Waals surface area contributed by atoms with Crippen molar-refractivity contribution in [3.63, 3.8) is 0 Å². The van der Waals surface area contributed by atoms with Gasteiger partial charge in [-0.1, -0.05) is 29.5 Å². The predicted octanol–water partition coefficient (Wildman–Crippen LogP) is 2.75. The lowest BCUT2D eigenvalue weighted by Gasteiger charge is -2.17. The zero-order valence-corrected chi connectivity index (χ0v) is 10.1. The van der Waals surface area contributed by atoms with Crippen molar-refractivity contribution in [2.75, 3.05) is 11.4 Å². The van der Waals surface area contributed by atoms with Crippen LogP contribution in [-0.4, -0.2) is 16.7 Å². The van der Waals surface area contributed by atoms with Crippen LogP contribution in [0.15, 0.2) is 24.3 Å². The molecule has 0 atom stereocenters. The third-order valence-electron chi connectivity index (χ3n) is 2.75. The largest absolute Gasteiger partial charge is 0.364 e. The van der Waals surface area contributed by atoms with Gasteiger partial charge in [0.15, 0.2) is 0 Å². The number of anilines is 1. The standard InChI is InChI=1S/C11H10ClN3S/c12-11-14-13-10(16-11)7-15-6-5-8-3-1-2-4-9(8)15/h1-4H,5-7H2. The van der Waals surface area contributed by atoms with E-state index in [1.165, 1.54) is 22.6 Å². The predicted molar refractivity (Wildman–Crippen MR) is 66.1 cm³/mol. The van der Waals surface area contributed by atoms with Crippen LogP contribution in [0.5, 0.6) is 0 Å². The molecular formula is C11H10ClN3S. The molecule has 2 heterocycles. The van der Waals surface area contributed by atoms with E-state index in [0.717, 1.165) is 24.5 Å². The maximum Gasteiger partial charge on any atom is 0.207 e. The van der Waals surface area contributed by atoms with Gasteiger partial charge in [-0.15, -0.1) is 10.2 Å². The van der Waals surface area contributed by atoms with Crippen molar-refractivity contribution in [2.45, 2.75) is 13.0 Å². The Balaban J connectivity index is 1.83. The molecule has 0 bridgehead atoms. The summed E-state index contributed by atoms with van der Waals surface area (Å²) in [5, 5.41) is 8.84. The van der Waals surface area contributed by atoms with E-state index in [2.05, 4.69) is 39.4 Å². The van der Waals surface area contributed by atoms with Crippen LogP contribution in [0.2, 0.25) is 4.47 Å². The molecule has 0 saturated heterocycles. The van der Waals surface area contributed by atoms with Gasteiger partial charge in [0, 0.05) is 12.2 Å². The van der Waals surface area contributed by atoms with Crippen molar-refractivity contribution in [3.8, 4) is 0 Å². The summed E-state index contributed by atoms with van der Waals surface area (Å²) in [7, 11) is 0. The molecule has 0 aliphatic carbocycles. The number of halogens is 1. The maximum atomic E-state index is 5.77. The second kappa shape index (κ2) is 4.03. The fraction of sp³-hybridized carbons (Fsp3) is 0.273. The van der Waals surface area contributed by atoms with Gasteiger partial charge in [0.2, 0.25) is 4.47 Å². The highest BCUT2D eigenvalue weighted by Gasteiger charge is 2.19. The summed E-state index contributed by atoms with van der Waals surface area (Å²) in [6, 6.07) is 8.50. The van der Waals surface area contributed by atoms with E-state index in [1.54, 1.807) is 0 Å². The van der Waals surface area contributed by atoms with E-state index in [4.69, 9.17) is 11.6 Å². The van der Waals surface area contributed by atoms with Gasteiger partial charge >= 0.3 is 0 Å². The molecule has 0 spiro atoms. The van der Waals surface area contributed by atoms with Crippen molar-refractivity contribution in [2.24, 2.45) is 0 Å². The highest BCUT2D eigenvalue weighted by Crippen LogP contribution is 2.29. The summed E-state index contributed by atoms with van der Waals surface area (Å²) < 4.78 is 0.516. The van der Waals surface area contributed by atoms with E-state index in [9.17, 15) is 0 Å². The van der Waals surface area contributed by atoms with Crippen LogP contribution >= 0.6 is 22.9 Å². The highest BCUT2D eigenvalue weighted by atomic mass is 35.5. The van der Waals surface area contributed by atoms with Crippen LogP contribution in [0.1, 0.15) is 10.6 Å². The van der Waals surface area contributed by atoms with Crippen molar-refractivity contribution >= 4 is 28.6 Å². The molecule has 1 aliphatic heterocycles. The van der Waals surface area contributed by atoms with Crippen molar-refractivity contribution in [1.82, 2.24) is 10.2 Å². The van der Waals surface area contributed by atoms with Gasteiger partial charge in [-0.2, -0.15) is 0 Å². The first-order valence-electron chi connectivity index (χ1n) is 5.13. The smallest absolute Gasteiger partial charge is 0.207 e. The molecule has 0 unspecified atom stereocenters. The Bertz CT molecular complexity index is 511. The summed E-state index contributed by atoms with van der Waals surface area (Å²) in [5.41, 5.74) is 2.73. The summed E-state index contributed by atoms with van der Waals surface area (Å²) in [4.78, 5) is 2.33. The van der Waals surface area contributed by atoms with E-state index in [1.807, 2.05) is 0 Å². The lowest BCUT2D eigenvalue weighted by molar-refractivity contribution is 0.816. The third kappa shape index (κ3) is 1.79. The summed E-state index contributed by atoms with van der Waals surface area (Å²) in [6.45, 7) is 1.86. The SMILES string of the molecule is Clc1nnc(CN2CCc3ccccc32)s1. The fourth-order valence-electron chi connectivity index (χ4n) is 2.03. The first-order valence-corrected chi connectivity index (χ1v) is 6.33. The molecule has 0 amide bonds. The van der Waals surface area contributed by atoms with E-state index >= 15 is 0 Å². The molecular weight excluding hydrogens is 242 g/mol. The number of hydrogen-bond acceptors (Lipinski definition) is 4. The minimum atomic E-state index is 0.516. The maximum absolute atomic E-state index is 5.77. The van der Waals surface area contributed by atoms with E-state index in [0.29, 0.717) is 4.47 Å². The highest BCUT2D eigenvalue weighted by molar-refractivity contribution is 7.15. The molecule has 2 aromatic rings. The molecule has 0 saturated carbocycles. The quantitative estimate of drug-likeness (QED) is 0.822. The van der Waals surface area contributed by atoms with Crippen molar-refractivity contribution < 1.29 is 0 Å². The zero-order valence-electron chi connectivity index (χ0n) is 8.56. The van der Waals surface area contributed by atoms with Gasteiger partial charge in [-0.3, -0.25) is 0 Å². The molecule has 82 valence electrons. The minimum absolute atomic E-state index is 0.516. The van der Waals surface area contributed by atoms with Gasteiger partial charge in [-0.05, 0) is 29.7 Å². The van der Waals surface area contributed by atoms with Crippen LogP contribution in [0.25, 0.3) is 0 Å². The molecule has 1 aromatic heterocycles. The summed E-state index contributed by atoms with van der Waals surface area (Å²) >= 11 is 7.22. The Kier molecular flexibility index (Phi) is 2.53. The van der Waals surface area contributed by atoms with Crippen LogP contribution in [0.4, 0.5) is 5.69 Å². The lowest BCUT2D eigenvalue weighted by atomic mass is 10.2. The third-order valence-corrected chi connectivity index (χ3v) is 3.76. The summed E-state index contributed by atoms with van der Waals surface area (Å²) in [5.74, 6) is 0. The van der Waals surface area contributed by atoms with Gasteiger partial charge in [-0.25, -0.2) is 0 Å². The molecule has 1 aliphatic rings. The lowest BCUT2D eigenvalue weighted by Crippen LogP contribution is -2.19. The summed E-state index contributed by atoms with van der Waals surface area (Å²) in [6.07, 6.45) is 1.11. The number of aromatic nitrogens is 2. The van der Waals surface area contributed by atoms with Crippen molar-refractivity contribution in [1.29, 1.82) is 0 Å². The van der Waals surface area contributed by atoms with Crippen LogP contribution < -0.4 is 4.90 Å². The average Bonchev–Trinajstić information content (AvgIpc) is 2.87. The van der Waals surface area contributed by atoms with Crippen LogP contribution in [-0.2, 0) is 13.0 Å². The molecule has 1 aromatic carbocycles. The fourth-order valence-corrected chi connectivity index (χ4v) is 2.91. The van der Waals surface area contributed by atoms with Crippen LogP contribution in [0.3, 0.4) is 0 Å². The average molecular weight is 252 g/mol. The minimum Gasteiger partial charge on any atom is -0.364 e.